The first-order chi connectivity index (χ1) is 7.56. The molecule has 0 aliphatic carbocycles. The van der Waals surface area contributed by atoms with E-state index in [1.54, 1.807) is 4.90 Å². The summed E-state index contributed by atoms with van der Waals surface area (Å²) >= 11 is 0. The van der Waals surface area contributed by atoms with Gasteiger partial charge in [0.2, 0.25) is 5.91 Å². The summed E-state index contributed by atoms with van der Waals surface area (Å²) in [6, 6.07) is 0. The average Bonchev–Trinajstić information content (AvgIpc) is 2.29. The summed E-state index contributed by atoms with van der Waals surface area (Å²) in [6.45, 7) is 5.19. The average molecular weight is 230 g/mol. The molecule has 0 aliphatic rings. The fraction of sp³-hybridized carbons (Fsp3) is 0.700. The number of hydrogen-bond donors (Lipinski definition) is 1. The van der Waals surface area contributed by atoms with Crippen molar-refractivity contribution in [3.05, 3.63) is 0 Å². The van der Waals surface area contributed by atoms with Crippen LogP contribution in [0, 0.1) is 0 Å². The lowest BCUT2D eigenvalue weighted by Crippen LogP contribution is -2.36. The number of carbonyl (C=O) groups is 3. The minimum Gasteiger partial charge on any atom is -0.462 e. The molecule has 0 aromatic rings. The van der Waals surface area contributed by atoms with Crippen LogP contribution in [-0.4, -0.2) is 49.4 Å². The van der Waals surface area contributed by atoms with Crippen LogP contribution in [0.4, 0.5) is 0 Å². The highest BCUT2D eigenvalue weighted by atomic mass is 16.5. The molecular formula is C10H18N2O4. The fourth-order valence-electron chi connectivity index (χ4n) is 1.18. The van der Waals surface area contributed by atoms with Gasteiger partial charge in [-0.3, -0.25) is 9.59 Å². The number of nitrogens with zero attached hydrogens (tertiary/aromatic N) is 1. The van der Waals surface area contributed by atoms with E-state index in [4.69, 9.17) is 0 Å². The van der Waals surface area contributed by atoms with Crippen LogP contribution < -0.4 is 5.32 Å². The van der Waals surface area contributed by atoms with Gasteiger partial charge in [-0.2, -0.15) is 0 Å². The van der Waals surface area contributed by atoms with Crippen molar-refractivity contribution >= 4 is 17.8 Å². The van der Waals surface area contributed by atoms with Gasteiger partial charge in [0.05, 0.1) is 7.11 Å². The summed E-state index contributed by atoms with van der Waals surface area (Å²) in [7, 11) is 1.13. The molecule has 0 rings (SSSR count). The Morgan fingerprint density at radius 1 is 1.19 bits per heavy atom. The molecule has 0 unspecified atom stereocenters. The van der Waals surface area contributed by atoms with Crippen molar-refractivity contribution in [3.8, 4) is 0 Å². The maximum absolute atomic E-state index is 11.5. The largest absolute Gasteiger partial charge is 0.462 e. The van der Waals surface area contributed by atoms with Crippen LogP contribution in [0.5, 0.6) is 0 Å². The molecule has 0 aromatic carbocycles. The fourth-order valence-corrected chi connectivity index (χ4v) is 1.18. The van der Waals surface area contributed by atoms with Crippen molar-refractivity contribution < 1.29 is 19.1 Å². The van der Waals surface area contributed by atoms with Crippen LogP contribution in [-0.2, 0) is 19.1 Å². The van der Waals surface area contributed by atoms with Gasteiger partial charge in [0.1, 0.15) is 0 Å². The van der Waals surface area contributed by atoms with Crippen molar-refractivity contribution in [2.24, 2.45) is 0 Å². The van der Waals surface area contributed by atoms with Crippen molar-refractivity contribution in [3.63, 3.8) is 0 Å². The van der Waals surface area contributed by atoms with Gasteiger partial charge in [-0.25, -0.2) is 4.79 Å². The van der Waals surface area contributed by atoms with Crippen LogP contribution in [0.2, 0.25) is 0 Å². The van der Waals surface area contributed by atoms with Crippen LogP contribution in [0.1, 0.15) is 20.3 Å². The zero-order valence-corrected chi connectivity index (χ0v) is 9.91. The molecule has 6 nitrogen and oxygen atoms in total. The van der Waals surface area contributed by atoms with Crippen LogP contribution in [0.3, 0.4) is 0 Å². The van der Waals surface area contributed by atoms with Crippen LogP contribution in [0.25, 0.3) is 0 Å². The molecular weight excluding hydrogens is 212 g/mol. The molecule has 2 amide bonds. The van der Waals surface area contributed by atoms with Gasteiger partial charge in [-0.1, -0.05) is 0 Å². The zero-order chi connectivity index (χ0) is 12.6. The van der Waals surface area contributed by atoms with E-state index in [9.17, 15) is 14.4 Å². The minimum atomic E-state index is -0.949. The van der Waals surface area contributed by atoms with Gasteiger partial charge >= 0.3 is 11.9 Å². The minimum absolute atomic E-state index is 0.0461. The number of rotatable bonds is 5. The Morgan fingerprint density at radius 3 is 2.19 bits per heavy atom. The third-order valence-corrected chi connectivity index (χ3v) is 2.11. The Morgan fingerprint density at radius 2 is 1.75 bits per heavy atom. The highest BCUT2D eigenvalue weighted by Crippen LogP contribution is 1.92. The van der Waals surface area contributed by atoms with E-state index in [-0.39, 0.29) is 18.9 Å². The smallest absolute Gasteiger partial charge is 0.396 e. The topological polar surface area (TPSA) is 75.7 Å². The third kappa shape index (κ3) is 4.77. The first-order valence-corrected chi connectivity index (χ1v) is 5.20. The maximum Gasteiger partial charge on any atom is 0.396 e. The second-order valence-electron chi connectivity index (χ2n) is 3.06. The predicted octanol–water partition coefficient (Wildman–Crippen LogP) is -0.466. The van der Waals surface area contributed by atoms with E-state index in [1.807, 2.05) is 13.8 Å². The lowest BCUT2D eigenvalue weighted by Gasteiger charge is -2.18. The molecule has 0 saturated carbocycles. The quantitative estimate of drug-likeness (QED) is 0.512. The summed E-state index contributed by atoms with van der Waals surface area (Å²) in [5.74, 6) is -1.82. The molecule has 0 aromatic heterocycles. The monoisotopic (exact) mass is 230 g/mol. The molecule has 6 heteroatoms. The second-order valence-corrected chi connectivity index (χ2v) is 3.06. The lowest BCUT2D eigenvalue weighted by atomic mass is 10.3. The van der Waals surface area contributed by atoms with Gasteiger partial charge in [0, 0.05) is 26.1 Å². The summed E-state index contributed by atoms with van der Waals surface area (Å²) in [5.41, 5.74) is 0. The summed E-state index contributed by atoms with van der Waals surface area (Å²) in [6.07, 6.45) is 0.185. The Kier molecular flexibility index (Phi) is 6.91. The van der Waals surface area contributed by atoms with E-state index < -0.39 is 11.9 Å². The van der Waals surface area contributed by atoms with E-state index in [0.29, 0.717) is 13.1 Å². The van der Waals surface area contributed by atoms with E-state index in [0.717, 1.165) is 7.11 Å². The first kappa shape index (κ1) is 14.4. The number of carbonyl (C=O) groups excluding carboxylic acids is 3. The molecule has 0 bridgehead atoms. The lowest BCUT2D eigenvalue weighted by molar-refractivity contribution is -0.152. The van der Waals surface area contributed by atoms with Crippen molar-refractivity contribution in [2.45, 2.75) is 20.3 Å². The second kappa shape index (κ2) is 7.67. The zero-order valence-electron chi connectivity index (χ0n) is 9.91. The van der Waals surface area contributed by atoms with Gasteiger partial charge in [0.15, 0.2) is 0 Å². The van der Waals surface area contributed by atoms with Crippen molar-refractivity contribution in [1.29, 1.82) is 0 Å². The number of methoxy groups -OCH3 is 1. The van der Waals surface area contributed by atoms with Gasteiger partial charge in [-0.05, 0) is 13.8 Å². The Bertz CT molecular complexity index is 262. The van der Waals surface area contributed by atoms with Gasteiger partial charge in [-0.15, -0.1) is 0 Å². The highest BCUT2D eigenvalue weighted by Gasteiger charge is 2.14. The predicted molar refractivity (Wildman–Crippen MR) is 57.6 cm³/mol. The molecule has 16 heavy (non-hydrogen) atoms. The number of ether oxygens (including phenoxy) is 1. The molecule has 0 spiro atoms. The number of hydrogen-bond acceptors (Lipinski definition) is 4. The van der Waals surface area contributed by atoms with E-state index in [2.05, 4.69) is 10.1 Å². The molecule has 92 valence electrons. The standard InChI is InChI=1S/C10H18N2O4/c1-4-12(5-2)8(13)6-7-11-9(14)10(15)16-3/h4-7H2,1-3H3,(H,11,14). The van der Waals surface area contributed by atoms with E-state index >= 15 is 0 Å². The molecule has 0 heterocycles. The molecule has 0 radical (unpaired) electrons. The van der Waals surface area contributed by atoms with Crippen molar-refractivity contribution in [1.82, 2.24) is 10.2 Å². The van der Waals surface area contributed by atoms with Gasteiger partial charge < -0.3 is 15.0 Å². The Hall–Kier alpha value is -1.59. The normalized spacial score (nSPS) is 9.44. The molecule has 1 N–H and O–H groups in total. The number of nitrogens with one attached hydrogen (secondary N) is 1. The Labute approximate surface area is 94.9 Å². The maximum atomic E-state index is 11.5. The highest BCUT2D eigenvalue weighted by molar-refractivity contribution is 6.32. The SMILES string of the molecule is CCN(CC)C(=O)CCNC(=O)C(=O)OC. The Balaban J connectivity index is 3.86. The van der Waals surface area contributed by atoms with Crippen LogP contribution >= 0.6 is 0 Å². The molecule has 0 atom stereocenters. The molecule has 0 saturated heterocycles. The molecule has 0 fully saturated rings. The van der Waals surface area contributed by atoms with E-state index in [1.165, 1.54) is 0 Å². The number of amides is 2. The summed E-state index contributed by atoms with van der Waals surface area (Å²) < 4.78 is 4.21. The number of esters is 1. The summed E-state index contributed by atoms with van der Waals surface area (Å²) in [4.78, 5) is 34.8. The summed E-state index contributed by atoms with van der Waals surface area (Å²) in [5, 5.41) is 2.31. The van der Waals surface area contributed by atoms with Crippen molar-refractivity contribution in [2.75, 3.05) is 26.7 Å². The first-order valence-electron chi connectivity index (χ1n) is 5.20. The van der Waals surface area contributed by atoms with Gasteiger partial charge in [0.25, 0.3) is 0 Å². The van der Waals surface area contributed by atoms with Crippen LogP contribution in [0.15, 0.2) is 0 Å². The molecule has 0 aliphatic heterocycles. The third-order valence-electron chi connectivity index (χ3n) is 2.11.